The van der Waals surface area contributed by atoms with Crippen LogP contribution >= 0.6 is 0 Å². The lowest BCUT2D eigenvalue weighted by Gasteiger charge is -2.07. The fraction of sp³-hybridized carbons (Fsp3) is 0.154. The van der Waals surface area contributed by atoms with Gasteiger partial charge in [0.1, 0.15) is 0 Å². The third kappa shape index (κ3) is 2.82. The molecule has 0 spiro atoms. The maximum atomic E-state index is 11.4. The lowest BCUT2D eigenvalue weighted by atomic mass is 10.1. The minimum Gasteiger partial charge on any atom is -0.386 e. The topological polar surface area (TPSA) is 63.6 Å². The zero-order valence-corrected chi connectivity index (χ0v) is 9.80. The second-order valence-electron chi connectivity index (χ2n) is 3.67. The normalized spacial score (nSPS) is 10.0. The zero-order chi connectivity index (χ0) is 12.8. The van der Waals surface area contributed by atoms with Gasteiger partial charge in [0.2, 0.25) is 0 Å². The van der Waals surface area contributed by atoms with Crippen LogP contribution in [0.15, 0.2) is 41.7 Å². The molecule has 0 fully saturated rings. The molecule has 0 bridgehead atoms. The van der Waals surface area contributed by atoms with Crippen LogP contribution in [0.3, 0.4) is 0 Å². The molecule has 0 aliphatic rings. The molecule has 0 unspecified atom stereocenters. The van der Waals surface area contributed by atoms with Crippen molar-refractivity contribution in [2.45, 2.75) is 6.54 Å². The van der Waals surface area contributed by atoms with Crippen LogP contribution in [-0.2, 0) is 16.2 Å². The Hall–Kier alpha value is -2.43. The van der Waals surface area contributed by atoms with E-state index < -0.39 is 0 Å². The highest BCUT2D eigenvalue weighted by atomic mass is 16.6. The summed E-state index contributed by atoms with van der Waals surface area (Å²) in [5, 5.41) is 6.94. The third-order valence-corrected chi connectivity index (χ3v) is 2.50. The summed E-state index contributed by atoms with van der Waals surface area (Å²) in [6.07, 6.45) is 1.73. The molecule has 92 valence electrons. The van der Waals surface area contributed by atoms with Gasteiger partial charge in [-0.05, 0) is 17.7 Å². The van der Waals surface area contributed by atoms with Gasteiger partial charge in [0.25, 0.3) is 5.91 Å². The van der Waals surface area contributed by atoms with Gasteiger partial charge in [0, 0.05) is 24.8 Å². The largest absolute Gasteiger partial charge is 0.386 e. The average Bonchev–Trinajstić information content (AvgIpc) is 2.42. The maximum Gasteiger partial charge on any atom is 0.261 e. The molecule has 2 rings (SSSR count). The second-order valence-corrected chi connectivity index (χ2v) is 3.67. The van der Waals surface area contributed by atoms with E-state index in [0.29, 0.717) is 6.54 Å². The molecule has 0 saturated carbocycles. The van der Waals surface area contributed by atoms with Crippen molar-refractivity contribution in [3.05, 3.63) is 42.1 Å². The van der Waals surface area contributed by atoms with E-state index in [0.717, 1.165) is 16.5 Å². The van der Waals surface area contributed by atoms with Gasteiger partial charge in [0.15, 0.2) is 6.61 Å². The lowest BCUT2D eigenvalue weighted by Crippen LogP contribution is -2.26. The number of benzene rings is 1. The molecular formula is C13H13N3O2. The number of oxime groups is 1. The number of carbonyl (C=O) groups excluding carboxylic acids is 1. The zero-order valence-electron chi connectivity index (χ0n) is 9.80. The van der Waals surface area contributed by atoms with Crippen LogP contribution in [0.4, 0.5) is 0 Å². The molecule has 1 N–H and O–H groups in total. The summed E-state index contributed by atoms with van der Waals surface area (Å²) in [6, 6.07) is 9.67. The van der Waals surface area contributed by atoms with Gasteiger partial charge < -0.3 is 10.2 Å². The van der Waals surface area contributed by atoms with Crippen LogP contribution < -0.4 is 5.32 Å². The van der Waals surface area contributed by atoms with Crippen LogP contribution in [0.5, 0.6) is 0 Å². The molecule has 1 aromatic heterocycles. The number of fused-ring (bicyclic) bond motifs is 1. The number of hydrogen-bond donors (Lipinski definition) is 1. The van der Waals surface area contributed by atoms with Crippen molar-refractivity contribution < 1.29 is 9.63 Å². The Morgan fingerprint density at radius 3 is 3.06 bits per heavy atom. The second kappa shape index (κ2) is 5.77. The van der Waals surface area contributed by atoms with E-state index >= 15 is 0 Å². The Morgan fingerprint density at radius 2 is 2.22 bits per heavy atom. The highest BCUT2D eigenvalue weighted by Gasteiger charge is 2.04. The number of aromatic nitrogens is 1. The van der Waals surface area contributed by atoms with Crippen molar-refractivity contribution in [2.24, 2.45) is 5.16 Å². The summed E-state index contributed by atoms with van der Waals surface area (Å²) < 4.78 is 0. The number of carbonyl (C=O) groups is 1. The summed E-state index contributed by atoms with van der Waals surface area (Å²) >= 11 is 0. The monoisotopic (exact) mass is 243 g/mol. The van der Waals surface area contributed by atoms with E-state index in [4.69, 9.17) is 0 Å². The van der Waals surface area contributed by atoms with E-state index in [2.05, 4.69) is 27.0 Å². The van der Waals surface area contributed by atoms with E-state index in [9.17, 15) is 4.79 Å². The Kier molecular flexibility index (Phi) is 3.86. The summed E-state index contributed by atoms with van der Waals surface area (Å²) in [7, 11) is 0. The lowest BCUT2D eigenvalue weighted by molar-refractivity contribution is -0.125. The predicted molar refractivity (Wildman–Crippen MR) is 69.1 cm³/mol. The maximum absolute atomic E-state index is 11.4. The molecule has 0 radical (unpaired) electrons. The average molecular weight is 243 g/mol. The van der Waals surface area contributed by atoms with Crippen LogP contribution in [0.2, 0.25) is 0 Å². The van der Waals surface area contributed by atoms with Crippen molar-refractivity contribution in [3.63, 3.8) is 0 Å². The van der Waals surface area contributed by atoms with Gasteiger partial charge in [-0.25, -0.2) is 0 Å². The molecule has 5 heteroatoms. The van der Waals surface area contributed by atoms with E-state index in [1.807, 2.05) is 30.3 Å². The van der Waals surface area contributed by atoms with Crippen LogP contribution in [0.25, 0.3) is 10.9 Å². The van der Waals surface area contributed by atoms with Crippen LogP contribution in [-0.4, -0.2) is 24.2 Å². The number of pyridine rings is 1. The highest BCUT2D eigenvalue weighted by molar-refractivity contribution is 5.83. The first-order valence-electron chi connectivity index (χ1n) is 5.48. The summed E-state index contributed by atoms with van der Waals surface area (Å²) in [5.41, 5.74) is 1.92. The molecule has 0 atom stereocenters. The third-order valence-electron chi connectivity index (χ3n) is 2.50. The van der Waals surface area contributed by atoms with E-state index in [1.54, 1.807) is 6.20 Å². The smallest absolute Gasteiger partial charge is 0.261 e. The molecule has 1 amide bonds. The molecule has 18 heavy (non-hydrogen) atoms. The minimum absolute atomic E-state index is 0.119. The van der Waals surface area contributed by atoms with Crippen molar-refractivity contribution in [2.75, 3.05) is 6.61 Å². The number of amides is 1. The molecule has 2 aromatic rings. The van der Waals surface area contributed by atoms with Crippen molar-refractivity contribution in [3.8, 4) is 0 Å². The number of nitrogens with one attached hydrogen (secondary N) is 1. The first kappa shape index (κ1) is 12.0. The van der Waals surface area contributed by atoms with Gasteiger partial charge in [0.05, 0.1) is 5.52 Å². The molecule has 0 saturated heterocycles. The standard InChI is InChI=1S/C13H13N3O2/c1-14-18-9-13(17)16-8-10-6-7-15-12-5-3-2-4-11(10)12/h2-7H,1,8-9H2,(H,16,17). The number of hydrogen-bond acceptors (Lipinski definition) is 4. The van der Waals surface area contributed by atoms with Crippen LogP contribution in [0, 0.1) is 0 Å². The van der Waals surface area contributed by atoms with Gasteiger partial charge in [-0.2, -0.15) is 0 Å². The Labute approximate surface area is 104 Å². The Balaban J connectivity index is 2.08. The van der Waals surface area contributed by atoms with Crippen molar-refractivity contribution in [1.29, 1.82) is 0 Å². The van der Waals surface area contributed by atoms with Crippen molar-refractivity contribution >= 4 is 23.5 Å². The minimum atomic E-state index is -0.233. The van der Waals surface area contributed by atoms with Crippen LogP contribution in [0.1, 0.15) is 5.56 Å². The predicted octanol–water partition coefficient (Wildman–Crippen LogP) is 1.48. The molecule has 5 nitrogen and oxygen atoms in total. The van der Waals surface area contributed by atoms with E-state index in [1.165, 1.54) is 0 Å². The highest BCUT2D eigenvalue weighted by Crippen LogP contribution is 2.15. The summed E-state index contributed by atoms with van der Waals surface area (Å²) in [6.45, 7) is 3.45. The van der Waals surface area contributed by atoms with Gasteiger partial charge in [-0.1, -0.05) is 18.2 Å². The van der Waals surface area contributed by atoms with Crippen molar-refractivity contribution in [1.82, 2.24) is 10.3 Å². The quantitative estimate of drug-likeness (QED) is 0.639. The number of nitrogens with zero attached hydrogens (tertiary/aromatic N) is 2. The number of para-hydroxylation sites is 1. The summed E-state index contributed by atoms with van der Waals surface area (Å²) in [5.74, 6) is -0.233. The van der Waals surface area contributed by atoms with Gasteiger partial charge >= 0.3 is 0 Å². The Bertz CT molecular complexity index is 564. The summed E-state index contributed by atoms with van der Waals surface area (Å²) in [4.78, 5) is 20.2. The van der Waals surface area contributed by atoms with Gasteiger partial charge in [-0.3, -0.25) is 9.78 Å². The molecule has 0 aliphatic heterocycles. The SMILES string of the molecule is C=NOCC(=O)NCc1ccnc2ccccc12. The number of rotatable bonds is 5. The Morgan fingerprint density at radius 1 is 1.39 bits per heavy atom. The molecule has 0 aliphatic carbocycles. The van der Waals surface area contributed by atoms with E-state index in [-0.39, 0.29) is 12.5 Å². The molecule has 1 aromatic carbocycles. The fourth-order valence-corrected chi connectivity index (χ4v) is 1.66. The van der Waals surface area contributed by atoms with Gasteiger partial charge in [-0.15, -0.1) is 5.16 Å². The molecular weight excluding hydrogens is 230 g/mol. The first-order valence-corrected chi connectivity index (χ1v) is 5.48. The first-order chi connectivity index (χ1) is 8.81. The fourth-order valence-electron chi connectivity index (χ4n) is 1.66. The molecule has 1 heterocycles.